The standard InChI is InChI=1S/C9H12BrNOS/c10-9-7(3-11)8(5-13-9)6-1-2-12-4-6/h5-6H,1-4,11H2. The third-order valence-corrected chi connectivity index (χ3v) is 4.31. The highest BCUT2D eigenvalue weighted by Crippen LogP contribution is 2.35. The molecule has 0 saturated carbocycles. The van der Waals surface area contributed by atoms with E-state index in [2.05, 4.69) is 21.3 Å². The SMILES string of the molecule is NCc1c(C2CCOC2)csc1Br. The van der Waals surface area contributed by atoms with Crippen molar-refractivity contribution in [2.24, 2.45) is 5.73 Å². The summed E-state index contributed by atoms with van der Waals surface area (Å²) < 4.78 is 6.55. The maximum absolute atomic E-state index is 5.70. The lowest BCUT2D eigenvalue weighted by molar-refractivity contribution is 0.194. The largest absolute Gasteiger partial charge is 0.381 e. The highest BCUT2D eigenvalue weighted by molar-refractivity contribution is 9.11. The van der Waals surface area contributed by atoms with Gasteiger partial charge in [0.05, 0.1) is 10.4 Å². The Hall–Kier alpha value is 0.100. The lowest BCUT2D eigenvalue weighted by Gasteiger charge is -2.07. The number of halogens is 1. The second-order valence-corrected chi connectivity index (χ2v) is 5.41. The number of ether oxygens (including phenoxy) is 1. The Morgan fingerprint density at radius 2 is 2.54 bits per heavy atom. The summed E-state index contributed by atoms with van der Waals surface area (Å²) in [6, 6.07) is 0. The Kier molecular flexibility index (Phi) is 3.03. The fourth-order valence-corrected chi connectivity index (χ4v) is 3.27. The van der Waals surface area contributed by atoms with E-state index in [0.717, 1.165) is 19.6 Å². The van der Waals surface area contributed by atoms with Crippen LogP contribution in [0, 0.1) is 0 Å². The van der Waals surface area contributed by atoms with Crippen LogP contribution in [0.3, 0.4) is 0 Å². The zero-order valence-electron chi connectivity index (χ0n) is 7.25. The second-order valence-electron chi connectivity index (χ2n) is 3.21. The molecule has 72 valence electrons. The second kappa shape index (κ2) is 4.09. The van der Waals surface area contributed by atoms with Crippen LogP contribution in [-0.2, 0) is 11.3 Å². The molecule has 1 aliphatic heterocycles. The van der Waals surface area contributed by atoms with E-state index in [9.17, 15) is 0 Å². The molecular weight excluding hydrogens is 250 g/mol. The van der Waals surface area contributed by atoms with Crippen molar-refractivity contribution in [1.29, 1.82) is 0 Å². The van der Waals surface area contributed by atoms with Crippen LogP contribution < -0.4 is 5.73 Å². The third kappa shape index (κ3) is 1.81. The number of hydrogen-bond acceptors (Lipinski definition) is 3. The number of rotatable bonds is 2. The average molecular weight is 262 g/mol. The van der Waals surface area contributed by atoms with Gasteiger partial charge in [0, 0.05) is 19.1 Å². The molecule has 1 aliphatic rings. The van der Waals surface area contributed by atoms with Crippen molar-refractivity contribution in [1.82, 2.24) is 0 Å². The monoisotopic (exact) mass is 261 g/mol. The smallest absolute Gasteiger partial charge is 0.0746 e. The molecule has 0 amide bonds. The first kappa shape index (κ1) is 9.65. The summed E-state index contributed by atoms with van der Waals surface area (Å²) in [5.74, 6) is 0.570. The molecule has 0 aliphatic carbocycles. The molecule has 0 radical (unpaired) electrons. The molecule has 0 bridgehead atoms. The molecule has 1 atom stereocenters. The van der Waals surface area contributed by atoms with Crippen LogP contribution in [0.5, 0.6) is 0 Å². The Morgan fingerprint density at radius 3 is 3.15 bits per heavy atom. The minimum atomic E-state index is 0.570. The van der Waals surface area contributed by atoms with Gasteiger partial charge in [0.2, 0.25) is 0 Å². The van der Waals surface area contributed by atoms with E-state index in [0.29, 0.717) is 12.5 Å². The summed E-state index contributed by atoms with van der Waals surface area (Å²) in [5.41, 5.74) is 8.35. The molecule has 2 heterocycles. The van der Waals surface area contributed by atoms with Crippen LogP contribution in [0.4, 0.5) is 0 Å². The fraction of sp³-hybridized carbons (Fsp3) is 0.556. The van der Waals surface area contributed by atoms with Crippen molar-refractivity contribution in [3.63, 3.8) is 0 Å². The first-order valence-electron chi connectivity index (χ1n) is 4.36. The average Bonchev–Trinajstić information content (AvgIpc) is 2.71. The van der Waals surface area contributed by atoms with Crippen molar-refractivity contribution in [2.75, 3.05) is 13.2 Å². The summed E-state index contributed by atoms with van der Waals surface area (Å²) in [5, 5.41) is 2.20. The predicted octanol–water partition coefficient (Wildman–Crippen LogP) is 2.47. The van der Waals surface area contributed by atoms with E-state index >= 15 is 0 Å². The van der Waals surface area contributed by atoms with E-state index in [1.165, 1.54) is 14.9 Å². The van der Waals surface area contributed by atoms with Gasteiger partial charge >= 0.3 is 0 Å². The van der Waals surface area contributed by atoms with E-state index in [1.54, 1.807) is 11.3 Å². The van der Waals surface area contributed by atoms with E-state index in [-0.39, 0.29) is 0 Å². The fourth-order valence-electron chi connectivity index (χ4n) is 1.69. The molecule has 1 aromatic heterocycles. The summed E-state index contributed by atoms with van der Waals surface area (Å²) in [4.78, 5) is 0. The number of nitrogens with two attached hydrogens (primary N) is 1. The first-order valence-corrected chi connectivity index (χ1v) is 6.03. The molecule has 13 heavy (non-hydrogen) atoms. The zero-order valence-corrected chi connectivity index (χ0v) is 9.66. The zero-order chi connectivity index (χ0) is 9.26. The maximum atomic E-state index is 5.70. The van der Waals surface area contributed by atoms with Gasteiger partial charge in [0.15, 0.2) is 0 Å². The lowest BCUT2D eigenvalue weighted by atomic mass is 9.98. The number of thiophene rings is 1. The normalized spacial score (nSPS) is 22.5. The maximum Gasteiger partial charge on any atom is 0.0746 e. The summed E-state index contributed by atoms with van der Waals surface area (Å²) in [6.07, 6.45) is 1.14. The lowest BCUT2D eigenvalue weighted by Crippen LogP contribution is -2.04. The Bertz CT molecular complexity index is 294. The highest BCUT2D eigenvalue weighted by atomic mass is 79.9. The van der Waals surface area contributed by atoms with E-state index < -0.39 is 0 Å². The van der Waals surface area contributed by atoms with Gasteiger partial charge in [-0.3, -0.25) is 0 Å². The summed E-state index contributed by atoms with van der Waals surface area (Å²) >= 11 is 5.25. The molecule has 1 fully saturated rings. The Morgan fingerprint density at radius 1 is 1.69 bits per heavy atom. The predicted molar refractivity (Wildman–Crippen MR) is 58.1 cm³/mol. The van der Waals surface area contributed by atoms with Gasteiger partial charge in [-0.15, -0.1) is 11.3 Å². The molecule has 1 unspecified atom stereocenters. The van der Waals surface area contributed by atoms with Crippen LogP contribution in [0.1, 0.15) is 23.5 Å². The first-order chi connectivity index (χ1) is 6.33. The molecule has 1 aromatic rings. The van der Waals surface area contributed by atoms with E-state index in [1.807, 2.05) is 0 Å². The van der Waals surface area contributed by atoms with Gasteiger partial charge < -0.3 is 10.5 Å². The van der Waals surface area contributed by atoms with E-state index in [4.69, 9.17) is 10.5 Å². The quantitative estimate of drug-likeness (QED) is 0.888. The van der Waals surface area contributed by atoms with Gasteiger partial charge in [0.25, 0.3) is 0 Å². The van der Waals surface area contributed by atoms with Crippen LogP contribution in [-0.4, -0.2) is 13.2 Å². The van der Waals surface area contributed by atoms with Gasteiger partial charge in [-0.05, 0) is 38.9 Å². The van der Waals surface area contributed by atoms with Crippen molar-refractivity contribution in [3.8, 4) is 0 Å². The molecule has 1 saturated heterocycles. The molecule has 2 N–H and O–H groups in total. The molecule has 2 rings (SSSR count). The Labute approximate surface area is 90.2 Å². The third-order valence-electron chi connectivity index (χ3n) is 2.45. The van der Waals surface area contributed by atoms with Crippen molar-refractivity contribution >= 4 is 27.3 Å². The van der Waals surface area contributed by atoms with Crippen molar-refractivity contribution in [2.45, 2.75) is 18.9 Å². The molecule has 0 aromatic carbocycles. The van der Waals surface area contributed by atoms with Crippen LogP contribution in [0.2, 0.25) is 0 Å². The number of hydrogen-bond donors (Lipinski definition) is 1. The molecule has 4 heteroatoms. The van der Waals surface area contributed by atoms with Crippen LogP contribution in [0.15, 0.2) is 9.17 Å². The van der Waals surface area contributed by atoms with Gasteiger partial charge in [-0.2, -0.15) is 0 Å². The van der Waals surface area contributed by atoms with Crippen molar-refractivity contribution < 1.29 is 4.74 Å². The van der Waals surface area contributed by atoms with Crippen molar-refractivity contribution in [3.05, 3.63) is 20.3 Å². The Balaban J connectivity index is 2.27. The summed E-state index contributed by atoms with van der Waals surface area (Å²) in [6.45, 7) is 2.37. The van der Waals surface area contributed by atoms with Crippen LogP contribution in [0.25, 0.3) is 0 Å². The van der Waals surface area contributed by atoms with Crippen LogP contribution >= 0.6 is 27.3 Å². The molecular formula is C9H12BrNOS. The van der Waals surface area contributed by atoms with Gasteiger partial charge in [-0.1, -0.05) is 0 Å². The van der Waals surface area contributed by atoms with Gasteiger partial charge in [-0.25, -0.2) is 0 Å². The minimum absolute atomic E-state index is 0.570. The summed E-state index contributed by atoms with van der Waals surface area (Å²) in [7, 11) is 0. The topological polar surface area (TPSA) is 35.2 Å². The van der Waals surface area contributed by atoms with Gasteiger partial charge in [0.1, 0.15) is 0 Å². The molecule has 2 nitrogen and oxygen atoms in total. The molecule has 0 spiro atoms. The highest BCUT2D eigenvalue weighted by Gasteiger charge is 2.22. The minimum Gasteiger partial charge on any atom is -0.381 e.